The quantitative estimate of drug-likeness (QED) is 0.568. The van der Waals surface area contributed by atoms with Gasteiger partial charge in [0.2, 0.25) is 0 Å². The number of rotatable bonds is 4. The SMILES string of the molecule is CCC(C)[Si]1(C(C)CC)CCCC1. The monoisotopic (exact) mass is 198 g/mol. The summed E-state index contributed by atoms with van der Waals surface area (Å²) in [5, 5.41) is 0. The minimum absolute atomic E-state index is 0.839. The molecule has 1 rings (SSSR count). The van der Waals surface area contributed by atoms with Crippen molar-refractivity contribution in [2.75, 3.05) is 0 Å². The molecule has 0 radical (unpaired) electrons. The maximum atomic E-state index is 2.53. The maximum Gasteiger partial charge on any atom is 0.0592 e. The fourth-order valence-electron chi connectivity index (χ4n) is 3.32. The molecule has 0 saturated carbocycles. The van der Waals surface area contributed by atoms with Gasteiger partial charge in [-0.1, -0.05) is 65.5 Å². The molecule has 0 bridgehead atoms. The molecule has 0 aliphatic carbocycles. The van der Waals surface area contributed by atoms with E-state index in [1.165, 1.54) is 12.8 Å². The van der Waals surface area contributed by atoms with Crippen molar-refractivity contribution < 1.29 is 0 Å². The Balaban J connectivity index is 2.73. The van der Waals surface area contributed by atoms with Gasteiger partial charge in [0.1, 0.15) is 0 Å². The van der Waals surface area contributed by atoms with E-state index in [0.29, 0.717) is 0 Å². The highest BCUT2D eigenvalue weighted by molar-refractivity contribution is 6.83. The van der Waals surface area contributed by atoms with Crippen molar-refractivity contribution >= 4 is 8.07 Å². The summed E-state index contributed by atoms with van der Waals surface area (Å²) in [4.78, 5) is 0. The molecule has 13 heavy (non-hydrogen) atoms. The van der Waals surface area contributed by atoms with E-state index in [9.17, 15) is 0 Å². The molecule has 1 aliphatic rings. The summed E-state index contributed by atoms with van der Waals surface area (Å²) in [5.74, 6) is 0. The molecule has 0 aromatic heterocycles. The first-order chi connectivity index (χ1) is 6.17. The first kappa shape index (κ1) is 11.3. The minimum Gasteiger partial charge on any atom is -0.0654 e. The van der Waals surface area contributed by atoms with Gasteiger partial charge in [-0.25, -0.2) is 0 Å². The Morgan fingerprint density at radius 1 is 0.923 bits per heavy atom. The van der Waals surface area contributed by atoms with Crippen LogP contribution in [0.3, 0.4) is 0 Å². The lowest BCUT2D eigenvalue weighted by Crippen LogP contribution is -2.39. The Kier molecular flexibility index (Phi) is 4.02. The van der Waals surface area contributed by atoms with Crippen molar-refractivity contribution in [2.24, 2.45) is 0 Å². The van der Waals surface area contributed by atoms with Crippen LogP contribution in [-0.2, 0) is 0 Å². The molecule has 78 valence electrons. The second-order valence-electron chi connectivity index (χ2n) is 5.06. The predicted molar refractivity (Wildman–Crippen MR) is 64.0 cm³/mol. The topological polar surface area (TPSA) is 0 Å². The van der Waals surface area contributed by atoms with Crippen molar-refractivity contribution in [3.05, 3.63) is 0 Å². The van der Waals surface area contributed by atoms with Crippen LogP contribution in [0.2, 0.25) is 23.2 Å². The zero-order chi connectivity index (χ0) is 9.90. The standard InChI is InChI=1S/C12H26Si/c1-5-11(3)13(12(4)6-2)9-7-8-10-13/h11-12H,5-10H2,1-4H3. The van der Waals surface area contributed by atoms with Crippen molar-refractivity contribution in [1.82, 2.24) is 0 Å². The summed E-state index contributed by atoms with van der Waals surface area (Å²) >= 11 is 0. The molecule has 1 heterocycles. The smallest absolute Gasteiger partial charge is 0.0592 e. The normalized spacial score (nSPS) is 25.8. The van der Waals surface area contributed by atoms with Gasteiger partial charge >= 0.3 is 0 Å². The number of hydrogen-bond acceptors (Lipinski definition) is 0. The van der Waals surface area contributed by atoms with E-state index in [1.54, 1.807) is 24.9 Å². The second-order valence-corrected chi connectivity index (χ2v) is 10.5. The summed E-state index contributed by atoms with van der Waals surface area (Å²) in [6.45, 7) is 9.84. The van der Waals surface area contributed by atoms with Crippen LogP contribution in [0.4, 0.5) is 0 Å². The molecule has 1 aliphatic heterocycles. The zero-order valence-corrected chi connectivity index (χ0v) is 10.9. The van der Waals surface area contributed by atoms with Gasteiger partial charge in [-0.3, -0.25) is 0 Å². The zero-order valence-electron chi connectivity index (χ0n) is 9.90. The fraction of sp³-hybridized carbons (Fsp3) is 1.00. The predicted octanol–water partition coefficient (Wildman–Crippen LogP) is 4.83. The fourth-order valence-corrected chi connectivity index (χ4v) is 9.95. The largest absolute Gasteiger partial charge is 0.0654 e. The van der Waals surface area contributed by atoms with Gasteiger partial charge in [-0.2, -0.15) is 0 Å². The van der Waals surface area contributed by atoms with Crippen LogP contribution in [-0.4, -0.2) is 8.07 Å². The van der Waals surface area contributed by atoms with Crippen LogP contribution in [0.5, 0.6) is 0 Å². The molecule has 0 nitrogen and oxygen atoms in total. The van der Waals surface area contributed by atoms with E-state index in [1.807, 2.05) is 0 Å². The lowest BCUT2D eigenvalue weighted by Gasteiger charge is -2.38. The van der Waals surface area contributed by atoms with Gasteiger partial charge in [0.25, 0.3) is 0 Å². The van der Waals surface area contributed by atoms with Gasteiger partial charge in [-0.05, 0) is 11.1 Å². The minimum atomic E-state index is -0.839. The molecule has 2 unspecified atom stereocenters. The van der Waals surface area contributed by atoms with Crippen LogP contribution in [0.25, 0.3) is 0 Å². The lowest BCUT2D eigenvalue weighted by molar-refractivity contribution is 0.748. The second kappa shape index (κ2) is 4.63. The summed E-state index contributed by atoms with van der Waals surface area (Å²) in [7, 11) is -0.839. The van der Waals surface area contributed by atoms with Crippen molar-refractivity contribution in [2.45, 2.75) is 76.5 Å². The molecule has 2 atom stereocenters. The van der Waals surface area contributed by atoms with Crippen LogP contribution < -0.4 is 0 Å². The lowest BCUT2D eigenvalue weighted by atomic mass is 10.3. The third-order valence-corrected chi connectivity index (χ3v) is 12.0. The molecule has 0 amide bonds. The van der Waals surface area contributed by atoms with E-state index in [-0.39, 0.29) is 0 Å². The van der Waals surface area contributed by atoms with Gasteiger partial charge < -0.3 is 0 Å². The third-order valence-electron chi connectivity index (χ3n) is 4.72. The van der Waals surface area contributed by atoms with Crippen LogP contribution >= 0.6 is 0 Å². The molecule has 0 N–H and O–H groups in total. The molecular weight excluding hydrogens is 172 g/mol. The van der Waals surface area contributed by atoms with E-state index < -0.39 is 8.07 Å². The first-order valence-corrected chi connectivity index (χ1v) is 8.74. The highest BCUT2D eigenvalue weighted by Crippen LogP contribution is 2.48. The van der Waals surface area contributed by atoms with Gasteiger partial charge in [0, 0.05) is 0 Å². The van der Waals surface area contributed by atoms with E-state index in [4.69, 9.17) is 0 Å². The average molecular weight is 198 g/mol. The molecule has 1 heteroatoms. The molecular formula is C12H26Si. The molecule has 0 spiro atoms. The van der Waals surface area contributed by atoms with Crippen LogP contribution in [0.1, 0.15) is 53.4 Å². The first-order valence-electron chi connectivity index (χ1n) is 6.17. The Labute approximate surface area is 85.1 Å². The van der Waals surface area contributed by atoms with E-state index in [0.717, 1.165) is 11.1 Å². The average Bonchev–Trinajstić information content (AvgIpc) is 2.65. The van der Waals surface area contributed by atoms with Crippen molar-refractivity contribution in [3.63, 3.8) is 0 Å². The highest BCUT2D eigenvalue weighted by atomic mass is 28.3. The van der Waals surface area contributed by atoms with Gasteiger partial charge in [-0.15, -0.1) is 0 Å². The molecule has 0 aromatic carbocycles. The summed E-state index contributed by atoms with van der Waals surface area (Å²) in [5.41, 5.74) is 2.15. The van der Waals surface area contributed by atoms with Gasteiger partial charge in [0.05, 0.1) is 8.07 Å². The number of hydrogen-bond donors (Lipinski definition) is 0. The Hall–Kier alpha value is 0.217. The van der Waals surface area contributed by atoms with Gasteiger partial charge in [0.15, 0.2) is 0 Å². The highest BCUT2D eigenvalue weighted by Gasteiger charge is 2.43. The van der Waals surface area contributed by atoms with E-state index in [2.05, 4.69) is 27.7 Å². The Bertz CT molecular complexity index is 135. The van der Waals surface area contributed by atoms with E-state index >= 15 is 0 Å². The summed E-state index contributed by atoms with van der Waals surface area (Å²) in [6, 6.07) is 3.27. The summed E-state index contributed by atoms with van der Waals surface area (Å²) < 4.78 is 0. The molecule has 1 saturated heterocycles. The Morgan fingerprint density at radius 3 is 1.62 bits per heavy atom. The third kappa shape index (κ3) is 2.01. The Morgan fingerprint density at radius 2 is 1.31 bits per heavy atom. The molecule has 0 aromatic rings. The maximum absolute atomic E-state index is 2.53. The van der Waals surface area contributed by atoms with Crippen LogP contribution in [0.15, 0.2) is 0 Å². The summed E-state index contributed by atoms with van der Waals surface area (Å²) in [6.07, 6.45) is 5.94. The van der Waals surface area contributed by atoms with Crippen molar-refractivity contribution in [3.8, 4) is 0 Å². The van der Waals surface area contributed by atoms with Crippen molar-refractivity contribution in [1.29, 1.82) is 0 Å². The molecule has 1 fully saturated rings. The van der Waals surface area contributed by atoms with Crippen LogP contribution in [0, 0.1) is 0 Å².